The van der Waals surface area contributed by atoms with Crippen LogP contribution in [0.5, 0.6) is 22.3 Å². The fraction of sp³-hybridized carbons (Fsp3) is 0.150. The molecule has 2 aromatic carbocycles. The summed E-state index contributed by atoms with van der Waals surface area (Å²) in [7, 11) is 0. The SMILES string of the molecule is CC(Oc1cc(Oc2ccc(C(F)(F)F)cc2Cl)ccc1Cl)C(=O)Oc1cccs1. The molecule has 0 radical (unpaired) electrons. The summed E-state index contributed by atoms with van der Waals surface area (Å²) in [5.41, 5.74) is -0.891. The van der Waals surface area contributed by atoms with Gasteiger partial charge in [-0.05, 0) is 54.8 Å². The molecule has 0 amide bonds. The summed E-state index contributed by atoms with van der Waals surface area (Å²) >= 11 is 13.3. The molecule has 10 heteroatoms. The molecule has 30 heavy (non-hydrogen) atoms. The molecular weight excluding hydrogens is 464 g/mol. The van der Waals surface area contributed by atoms with Crippen LogP contribution in [0.2, 0.25) is 10.0 Å². The van der Waals surface area contributed by atoms with Crippen LogP contribution in [0.3, 0.4) is 0 Å². The van der Waals surface area contributed by atoms with Gasteiger partial charge in [0.25, 0.3) is 0 Å². The minimum atomic E-state index is -4.52. The first-order chi connectivity index (χ1) is 14.1. The first kappa shape index (κ1) is 22.3. The van der Waals surface area contributed by atoms with Crippen LogP contribution in [-0.4, -0.2) is 12.1 Å². The van der Waals surface area contributed by atoms with Crippen LogP contribution in [0.4, 0.5) is 13.2 Å². The Morgan fingerprint density at radius 2 is 1.80 bits per heavy atom. The number of halogens is 5. The number of hydrogen-bond acceptors (Lipinski definition) is 5. The Bertz CT molecular complexity index is 1040. The highest BCUT2D eigenvalue weighted by Gasteiger charge is 2.31. The third kappa shape index (κ3) is 5.59. The van der Waals surface area contributed by atoms with Crippen molar-refractivity contribution in [2.75, 3.05) is 0 Å². The topological polar surface area (TPSA) is 44.8 Å². The first-order valence-electron chi connectivity index (χ1n) is 8.39. The minimum Gasteiger partial charge on any atom is -0.477 e. The van der Waals surface area contributed by atoms with Gasteiger partial charge < -0.3 is 14.2 Å². The third-order valence-electron chi connectivity index (χ3n) is 3.72. The molecule has 0 aliphatic heterocycles. The number of rotatable bonds is 6. The van der Waals surface area contributed by atoms with Gasteiger partial charge in [0, 0.05) is 6.07 Å². The van der Waals surface area contributed by atoms with E-state index in [1.165, 1.54) is 36.5 Å². The van der Waals surface area contributed by atoms with Gasteiger partial charge in [-0.1, -0.05) is 23.2 Å². The highest BCUT2D eigenvalue weighted by molar-refractivity contribution is 7.11. The second kappa shape index (κ2) is 9.16. The van der Waals surface area contributed by atoms with E-state index in [1.54, 1.807) is 17.5 Å². The van der Waals surface area contributed by atoms with Gasteiger partial charge >= 0.3 is 12.1 Å². The van der Waals surface area contributed by atoms with Gasteiger partial charge in [-0.2, -0.15) is 13.2 Å². The van der Waals surface area contributed by atoms with E-state index in [0.29, 0.717) is 5.06 Å². The zero-order valence-corrected chi connectivity index (χ0v) is 17.5. The smallest absolute Gasteiger partial charge is 0.416 e. The molecule has 0 N–H and O–H groups in total. The van der Waals surface area contributed by atoms with Gasteiger partial charge in [0.05, 0.1) is 15.6 Å². The molecule has 1 aromatic heterocycles. The van der Waals surface area contributed by atoms with E-state index < -0.39 is 23.8 Å². The van der Waals surface area contributed by atoms with Crippen molar-refractivity contribution in [2.45, 2.75) is 19.2 Å². The average molecular weight is 477 g/mol. The van der Waals surface area contributed by atoms with Gasteiger partial charge in [-0.15, -0.1) is 11.3 Å². The molecule has 4 nitrogen and oxygen atoms in total. The van der Waals surface area contributed by atoms with Gasteiger partial charge in [-0.3, -0.25) is 0 Å². The lowest BCUT2D eigenvalue weighted by Crippen LogP contribution is -2.28. The highest BCUT2D eigenvalue weighted by Crippen LogP contribution is 2.38. The maximum Gasteiger partial charge on any atom is 0.416 e. The van der Waals surface area contributed by atoms with E-state index >= 15 is 0 Å². The summed E-state index contributed by atoms with van der Waals surface area (Å²) in [5, 5.41) is 2.18. The summed E-state index contributed by atoms with van der Waals surface area (Å²) in [6.45, 7) is 1.49. The largest absolute Gasteiger partial charge is 0.477 e. The zero-order chi connectivity index (χ0) is 21.9. The summed E-state index contributed by atoms with van der Waals surface area (Å²) in [4.78, 5) is 12.1. The fourth-order valence-corrected chi connectivity index (χ4v) is 3.23. The lowest BCUT2D eigenvalue weighted by Gasteiger charge is -2.16. The summed E-state index contributed by atoms with van der Waals surface area (Å²) in [6, 6.07) is 10.5. The number of carbonyl (C=O) groups excluding carboxylic acids is 1. The van der Waals surface area contributed by atoms with Gasteiger partial charge in [-0.25, -0.2) is 4.79 Å². The Morgan fingerprint density at radius 3 is 2.43 bits per heavy atom. The van der Waals surface area contributed by atoms with E-state index in [1.807, 2.05) is 0 Å². The van der Waals surface area contributed by atoms with E-state index in [0.717, 1.165) is 18.2 Å². The van der Waals surface area contributed by atoms with Crippen molar-refractivity contribution >= 4 is 40.5 Å². The van der Waals surface area contributed by atoms with Crippen molar-refractivity contribution in [1.82, 2.24) is 0 Å². The lowest BCUT2D eigenvalue weighted by atomic mass is 10.2. The summed E-state index contributed by atoms with van der Waals surface area (Å²) in [5.74, 6) is -0.267. The predicted octanol–water partition coefficient (Wildman–Crippen LogP) is 7.24. The zero-order valence-electron chi connectivity index (χ0n) is 15.2. The number of carbonyl (C=O) groups is 1. The quantitative estimate of drug-likeness (QED) is 0.351. The van der Waals surface area contributed by atoms with Crippen LogP contribution in [-0.2, 0) is 11.0 Å². The van der Waals surface area contributed by atoms with Gasteiger partial charge in [0.15, 0.2) is 11.2 Å². The number of thiophene rings is 1. The van der Waals surface area contributed by atoms with Crippen molar-refractivity contribution in [2.24, 2.45) is 0 Å². The Morgan fingerprint density at radius 1 is 1.03 bits per heavy atom. The van der Waals surface area contributed by atoms with Crippen LogP contribution in [0.1, 0.15) is 12.5 Å². The highest BCUT2D eigenvalue weighted by atomic mass is 35.5. The number of alkyl halides is 3. The molecule has 1 atom stereocenters. The van der Waals surface area contributed by atoms with Crippen LogP contribution in [0.25, 0.3) is 0 Å². The molecule has 0 aliphatic carbocycles. The number of benzene rings is 2. The first-order valence-corrected chi connectivity index (χ1v) is 10.0. The number of esters is 1. The predicted molar refractivity (Wildman–Crippen MR) is 108 cm³/mol. The normalized spacial score (nSPS) is 12.3. The second-order valence-electron chi connectivity index (χ2n) is 5.95. The second-order valence-corrected chi connectivity index (χ2v) is 7.68. The van der Waals surface area contributed by atoms with E-state index in [9.17, 15) is 18.0 Å². The summed E-state index contributed by atoms with van der Waals surface area (Å²) in [6.07, 6.45) is -5.49. The molecule has 0 saturated heterocycles. The number of hydrogen-bond donors (Lipinski definition) is 0. The van der Waals surface area contributed by atoms with Crippen LogP contribution < -0.4 is 14.2 Å². The monoisotopic (exact) mass is 476 g/mol. The Kier molecular flexibility index (Phi) is 6.80. The van der Waals surface area contributed by atoms with E-state index in [-0.39, 0.29) is 27.3 Å². The number of ether oxygens (including phenoxy) is 3. The molecule has 1 heterocycles. The molecule has 158 valence electrons. The molecule has 0 aliphatic rings. The van der Waals surface area contributed by atoms with Gasteiger partial charge in [0.1, 0.15) is 17.2 Å². The van der Waals surface area contributed by atoms with E-state index in [4.69, 9.17) is 37.4 Å². The minimum absolute atomic E-state index is 0.0168. The lowest BCUT2D eigenvalue weighted by molar-refractivity contribution is -0.141. The Labute approximate surface area is 183 Å². The molecule has 0 fully saturated rings. The maximum atomic E-state index is 12.8. The third-order valence-corrected chi connectivity index (χ3v) is 5.07. The average Bonchev–Trinajstić information content (AvgIpc) is 3.18. The maximum absolute atomic E-state index is 12.8. The molecule has 0 bridgehead atoms. The van der Waals surface area contributed by atoms with Crippen molar-refractivity contribution in [1.29, 1.82) is 0 Å². The molecule has 1 unspecified atom stereocenters. The van der Waals surface area contributed by atoms with Crippen molar-refractivity contribution in [3.05, 3.63) is 69.5 Å². The standard InChI is InChI=1S/C20H13Cl2F3O4S/c1-11(19(26)29-18-3-2-8-30-18)27-17-10-13(5-6-14(17)21)28-16-7-4-12(9-15(16)22)20(23,24)25/h2-11H,1H3. The fourth-order valence-electron chi connectivity index (χ4n) is 2.27. The van der Waals surface area contributed by atoms with Gasteiger partial charge in [0.2, 0.25) is 0 Å². The van der Waals surface area contributed by atoms with E-state index in [2.05, 4.69) is 0 Å². The molecular formula is C20H13Cl2F3O4S. The van der Waals surface area contributed by atoms with Crippen LogP contribution >= 0.6 is 34.5 Å². The summed E-state index contributed by atoms with van der Waals surface area (Å²) < 4.78 is 54.6. The molecule has 3 aromatic rings. The Hall–Kier alpha value is -2.42. The van der Waals surface area contributed by atoms with Crippen LogP contribution in [0.15, 0.2) is 53.9 Å². The van der Waals surface area contributed by atoms with Crippen molar-refractivity contribution < 1.29 is 32.2 Å². The van der Waals surface area contributed by atoms with Crippen molar-refractivity contribution in [3.8, 4) is 22.3 Å². The molecule has 0 saturated carbocycles. The van der Waals surface area contributed by atoms with Crippen molar-refractivity contribution in [3.63, 3.8) is 0 Å². The van der Waals surface area contributed by atoms with Crippen LogP contribution in [0, 0.1) is 0 Å². The molecule has 0 spiro atoms. The molecule has 3 rings (SSSR count). The Balaban J connectivity index is 1.73.